The molecule has 1 aromatic rings. The second kappa shape index (κ2) is 7.48. The first-order chi connectivity index (χ1) is 10.0. The fraction of sp³-hybridized carbons (Fsp3) is 0.562. The summed E-state index contributed by atoms with van der Waals surface area (Å²) in [6, 6.07) is 3.22. The highest BCUT2D eigenvalue weighted by atomic mass is 35.5. The van der Waals surface area contributed by atoms with Gasteiger partial charge in [-0.3, -0.25) is 4.79 Å². The van der Waals surface area contributed by atoms with Gasteiger partial charge in [0.2, 0.25) is 0 Å². The number of carbonyl (C=O) groups is 1. The average molecular weight is 331 g/mol. The Labute approximate surface area is 135 Å². The molecule has 0 heterocycles. The maximum atomic E-state index is 12.3. The summed E-state index contributed by atoms with van der Waals surface area (Å²) < 4.78 is 10.9. The van der Waals surface area contributed by atoms with Gasteiger partial charge < -0.3 is 9.47 Å². The van der Waals surface area contributed by atoms with Crippen LogP contribution in [0, 0.1) is 5.92 Å². The first-order valence-corrected chi connectivity index (χ1v) is 8.07. The van der Waals surface area contributed by atoms with Crippen molar-refractivity contribution in [3.05, 3.63) is 27.7 Å². The van der Waals surface area contributed by atoms with E-state index in [0.29, 0.717) is 46.4 Å². The van der Waals surface area contributed by atoms with Crippen molar-refractivity contribution in [3.63, 3.8) is 0 Å². The van der Waals surface area contributed by atoms with Crippen molar-refractivity contribution < 1.29 is 14.3 Å². The van der Waals surface area contributed by atoms with Gasteiger partial charge >= 0.3 is 0 Å². The number of rotatable bonds is 7. The molecule has 116 valence electrons. The van der Waals surface area contributed by atoms with E-state index in [9.17, 15) is 4.79 Å². The molecule has 1 saturated carbocycles. The quantitative estimate of drug-likeness (QED) is 0.675. The van der Waals surface area contributed by atoms with E-state index >= 15 is 0 Å². The lowest BCUT2D eigenvalue weighted by Gasteiger charge is -2.34. The SMILES string of the molecule is CCOc1cc(Cl)c(C(=O)CC2CC(OCC)C2)cc1Cl. The van der Waals surface area contributed by atoms with Crippen molar-refractivity contribution >= 4 is 29.0 Å². The van der Waals surface area contributed by atoms with Crippen LogP contribution in [0.25, 0.3) is 0 Å². The van der Waals surface area contributed by atoms with Crippen LogP contribution < -0.4 is 4.74 Å². The number of ketones is 1. The summed E-state index contributed by atoms with van der Waals surface area (Å²) in [6.45, 7) is 5.09. The van der Waals surface area contributed by atoms with Crippen molar-refractivity contribution in [2.45, 2.75) is 39.2 Å². The van der Waals surface area contributed by atoms with Crippen LogP contribution in [-0.4, -0.2) is 25.1 Å². The van der Waals surface area contributed by atoms with E-state index in [1.807, 2.05) is 13.8 Å². The molecule has 0 aliphatic heterocycles. The van der Waals surface area contributed by atoms with Gasteiger partial charge in [0.25, 0.3) is 0 Å². The predicted molar refractivity (Wildman–Crippen MR) is 84.7 cm³/mol. The zero-order valence-electron chi connectivity index (χ0n) is 12.3. The van der Waals surface area contributed by atoms with Crippen LogP contribution >= 0.6 is 23.2 Å². The number of carbonyl (C=O) groups excluding carboxylic acids is 1. The van der Waals surface area contributed by atoms with Crippen LogP contribution in [0.5, 0.6) is 5.75 Å². The largest absolute Gasteiger partial charge is 0.492 e. The van der Waals surface area contributed by atoms with Gasteiger partial charge in [0.15, 0.2) is 5.78 Å². The van der Waals surface area contributed by atoms with Crippen molar-refractivity contribution in [1.82, 2.24) is 0 Å². The average Bonchev–Trinajstić information content (AvgIpc) is 2.40. The minimum Gasteiger partial charge on any atom is -0.492 e. The molecule has 5 heteroatoms. The number of benzene rings is 1. The number of hydrogen-bond donors (Lipinski definition) is 0. The lowest BCUT2D eigenvalue weighted by atomic mass is 9.78. The smallest absolute Gasteiger partial charge is 0.164 e. The fourth-order valence-electron chi connectivity index (χ4n) is 2.59. The molecule has 0 radical (unpaired) electrons. The fourth-order valence-corrected chi connectivity index (χ4v) is 3.07. The summed E-state index contributed by atoms with van der Waals surface area (Å²) >= 11 is 12.3. The Bertz CT molecular complexity index is 510. The lowest BCUT2D eigenvalue weighted by molar-refractivity contribution is -0.0246. The van der Waals surface area contributed by atoms with Crippen molar-refractivity contribution in [2.24, 2.45) is 5.92 Å². The Morgan fingerprint density at radius 2 is 1.90 bits per heavy atom. The normalized spacial score (nSPS) is 21.0. The molecule has 3 nitrogen and oxygen atoms in total. The number of ether oxygens (including phenoxy) is 2. The Balaban J connectivity index is 1.98. The van der Waals surface area contributed by atoms with E-state index in [-0.39, 0.29) is 5.78 Å². The summed E-state index contributed by atoms with van der Waals surface area (Å²) in [7, 11) is 0. The van der Waals surface area contributed by atoms with Gasteiger partial charge in [0, 0.05) is 24.7 Å². The van der Waals surface area contributed by atoms with Gasteiger partial charge in [-0.1, -0.05) is 23.2 Å². The summed E-state index contributed by atoms with van der Waals surface area (Å²) in [4.78, 5) is 12.3. The zero-order valence-corrected chi connectivity index (χ0v) is 13.8. The van der Waals surface area contributed by atoms with Crippen molar-refractivity contribution in [3.8, 4) is 5.75 Å². The molecule has 0 aromatic heterocycles. The minimum atomic E-state index is 0.0323. The molecule has 0 saturated heterocycles. The highest BCUT2D eigenvalue weighted by Gasteiger charge is 2.31. The van der Waals surface area contributed by atoms with Crippen molar-refractivity contribution in [1.29, 1.82) is 0 Å². The van der Waals surface area contributed by atoms with Gasteiger partial charge in [-0.25, -0.2) is 0 Å². The van der Waals surface area contributed by atoms with Crippen LogP contribution in [-0.2, 0) is 4.74 Å². The molecule has 0 unspecified atom stereocenters. The van der Waals surface area contributed by atoms with E-state index in [4.69, 9.17) is 32.7 Å². The zero-order chi connectivity index (χ0) is 15.4. The lowest BCUT2D eigenvalue weighted by Crippen LogP contribution is -2.32. The monoisotopic (exact) mass is 330 g/mol. The Morgan fingerprint density at radius 1 is 1.19 bits per heavy atom. The molecule has 0 atom stereocenters. The number of Topliss-reactive ketones (excluding diaryl/α,β-unsaturated/α-hetero) is 1. The van der Waals surface area contributed by atoms with Crippen LogP contribution in [0.2, 0.25) is 10.0 Å². The summed E-state index contributed by atoms with van der Waals surface area (Å²) in [6.07, 6.45) is 2.70. The Hall–Kier alpha value is -0.770. The Kier molecular flexibility index (Phi) is 5.91. The van der Waals surface area contributed by atoms with Crippen LogP contribution in [0.3, 0.4) is 0 Å². The Morgan fingerprint density at radius 3 is 2.52 bits per heavy atom. The maximum absolute atomic E-state index is 12.3. The highest BCUT2D eigenvalue weighted by molar-refractivity contribution is 6.36. The molecular formula is C16H20Cl2O3. The third-order valence-corrected chi connectivity index (χ3v) is 4.30. The van der Waals surface area contributed by atoms with Crippen LogP contribution in [0.1, 0.15) is 43.5 Å². The van der Waals surface area contributed by atoms with Gasteiger partial charge in [-0.15, -0.1) is 0 Å². The van der Waals surface area contributed by atoms with E-state index in [0.717, 1.165) is 19.4 Å². The molecule has 0 amide bonds. The summed E-state index contributed by atoms with van der Waals surface area (Å²) in [5.41, 5.74) is 0.477. The first-order valence-electron chi connectivity index (χ1n) is 7.31. The first kappa shape index (κ1) is 16.6. The molecule has 1 aliphatic carbocycles. The molecule has 21 heavy (non-hydrogen) atoms. The number of hydrogen-bond acceptors (Lipinski definition) is 3. The van der Waals surface area contributed by atoms with E-state index in [1.54, 1.807) is 12.1 Å². The van der Waals surface area contributed by atoms with Gasteiger partial charge in [0.1, 0.15) is 5.75 Å². The molecule has 1 fully saturated rings. The molecule has 0 N–H and O–H groups in total. The van der Waals surface area contributed by atoms with E-state index in [2.05, 4.69) is 0 Å². The van der Waals surface area contributed by atoms with Gasteiger partial charge in [-0.2, -0.15) is 0 Å². The van der Waals surface area contributed by atoms with Crippen LogP contribution in [0.15, 0.2) is 12.1 Å². The minimum absolute atomic E-state index is 0.0323. The van der Waals surface area contributed by atoms with Crippen molar-refractivity contribution in [2.75, 3.05) is 13.2 Å². The second-order valence-corrected chi connectivity index (χ2v) is 6.05. The van der Waals surface area contributed by atoms with Gasteiger partial charge in [0.05, 0.1) is 22.8 Å². The highest BCUT2D eigenvalue weighted by Crippen LogP contribution is 2.36. The molecular weight excluding hydrogens is 311 g/mol. The molecule has 1 aliphatic rings. The predicted octanol–water partition coefficient (Wildman–Crippen LogP) is 4.78. The molecule has 0 bridgehead atoms. The third-order valence-electron chi connectivity index (χ3n) is 3.69. The van der Waals surface area contributed by atoms with Gasteiger partial charge in [-0.05, 0) is 38.7 Å². The molecule has 0 spiro atoms. The topological polar surface area (TPSA) is 35.5 Å². The summed E-state index contributed by atoms with van der Waals surface area (Å²) in [5.74, 6) is 0.932. The third kappa shape index (κ3) is 4.12. The van der Waals surface area contributed by atoms with E-state index < -0.39 is 0 Å². The summed E-state index contributed by atoms with van der Waals surface area (Å²) in [5, 5.41) is 0.818. The molecule has 1 aromatic carbocycles. The van der Waals surface area contributed by atoms with E-state index in [1.165, 1.54) is 0 Å². The van der Waals surface area contributed by atoms with Crippen LogP contribution in [0.4, 0.5) is 0 Å². The maximum Gasteiger partial charge on any atom is 0.164 e. The second-order valence-electron chi connectivity index (χ2n) is 5.24. The standard InChI is InChI=1S/C16H20Cl2O3/c1-3-20-11-5-10(6-11)7-15(19)12-8-14(18)16(21-4-2)9-13(12)17/h8-11H,3-7H2,1-2H3. The number of halogens is 2. The molecule has 2 rings (SSSR count).